The number of para-hydroxylation sites is 2. The number of aryl methyl sites for hydroxylation is 2. The van der Waals surface area contributed by atoms with Gasteiger partial charge in [0.2, 0.25) is 0 Å². The van der Waals surface area contributed by atoms with E-state index in [9.17, 15) is 9.59 Å². The molecular weight excluding hydrogens is 594 g/mol. The lowest BCUT2D eigenvalue weighted by atomic mass is 9.96. The van der Waals surface area contributed by atoms with Gasteiger partial charge in [-0.2, -0.15) is 0 Å². The molecule has 0 bridgehead atoms. The Kier molecular flexibility index (Phi) is 7.95. The van der Waals surface area contributed by atoms with Crippen LogP contribution in [0.3, 0.4) is 0 Å². The molecule has 2 N–H and O–H groups in total. The monoisotopic (exact) mass is 627 g/mol. The zero-order valence-corrected chi connectivity index (χ0v) is 27.1. The Balaban J connectivity index is 1.21. The average Bonchev–Trinajstić information content (AvgIpc) is 3.08. The number of anilines is 2. The number of hydrogen-bond acceptors (Lipinski definition) is 5. The van der Waals surface area contributed by atoms with E-state index in [2.05, 4.69) is 15.6 Å². The van der Waals surface area contributed by atoms with Gasteiger partial charge in [0, 0.05) is 21.9 Å². The quantitative estimate of drug-likeness (QED) is 0.192. The summed E-state index contributed by atoms with van der Waals surface area (Å²) in [6, 6.07) is 36.6. The van der Waals surface area contributed by atoms with Crippen LogP contribution in [-0.2, 0) is 0 Å². The van der Waals surface area contributed by atoms with Crippen molar-refractivity contribution >= 4 is 45.3 Å². The van der Waals surface area contributed by atoms with E-state index in [0.29, 0.717) is 22.8 Å². The zero-order chi connectivity index (χ0) is 33.4. The standard InChI is InChI=1S/C41H33N5O2/c1-24-16-20-28(21-17-24)38-26(3)36(30-10-5-7-12-32(30)42-38)40(47)45-34-14-9-15-35(44-34)46-41(48)37-27(4)39(29-22-18-25(2)19-23-29)43-33-13-8-6-11-31(33)37/h5-23H,1-4H3,(H2,44,45,46,47,48). The Morgan fingerprint density at radius 1 is 0.458 bits per heavy atom. The highest BCUT2D eigenvalue weighted by Gasteiger charge is 2.22. The molecule has 48 heavy (non-hydrogen) atoms. The van der Waals surface area contributed by atoms with Crippen molar-refractivity contribution < 1.29 is 9.59 Å². The fraction of sp³-hybridized carbons (Fsp3) is 0.0976. The lowest BCUT2D eigenvalue weighted by Gasteiger charge is -2.16. The third kappa shape index (κ3) is 5.78. The van der Waals surface area contributed by atoms with Crippen molar-refractivity contribution in [2.24, 2.45) is 0 Å². The van der Waals surface area contributed by atoms with Gasteiger partial charge in [-0.1, -0.05) is 102 Å². The van der Waals surface area contributed by atoms with Crippen LogP contribution in [0.1, 0.15) is 43.0 Å². The van der Waals surface area contributed by atoms with Crippen LogP contribution in [0.25, 0.3) is 44.3 Å². The van der Waals surface area contributed by atoms with E-state index < -0.39 is 0 Å². The molecule has 0 atom stereocenters. The third-order valence-electron chi connectivity index (χ3n) is 8.61. The Morgan fingerprint density at radius 2 is 0.854 bits per heavy atom. The number of carbonyl (C=O) groups excluding carboxylic acids is 2. The molecule has 4 aromatic carbocycles. The molecule has 0 aliphatic heterocycles. The molecule has 7 aromatic rings. The van der Waals surface area contributed by atoms with Crippen molar-refractivity contribution in [3.05, 3.63) is 149 Å². The predicted molar refractivity (Wildman–Crippen MR) is 193 cm³/mol. The molecule has 3 aromatic heterocycles. The van der Waals surface area contributed by atoms with Crippen molar-refractivity contribution in [2.75, 3.05) is 10.6 Å². The first-order valence-corrected chi connectivity index (χ1v) is 15.8. The summed E-state index contributed by atoms with van der Waals surface area (Å²) in [5, 5.41) is 7.43. The largest absolute Gasteiger partial charge is 0.306 e. The first kappa shape index (κ1) is 30.4. The molecule has 0 saturated heterocycles. The molecule has 0 unspecified atom stereocenters. The topological polar surface area (TPSA) is 96.9 Å². The Morgan fingerprint density at radius 3 is 1.27 bits per heavy atom. The van der Waals surface area contributed by atoms with Gasteiger partial charge in [0.15, 0.2) is 0 Å². The summed E-state index contributed by atoms with van der Waals surface area (Å²) in [4.78, 5) is 42.3. The van der Waals surface area contributed by atoms with Gasteiger partial charge < -0.3 is 10.6 Å². The minimum absolute atomic E-state index is 0.311. The number of hydrogen-bond donors (Lipinski definition) is 2. The molecule has 0 aliphatic rings. The van der Waals surface area contributed by atoms with E-state index >= 15 is 0 Å². The van der Waals surface area contributed by atoms with E-state index in [4.69, 9.17) is 9.97 Å². The van der Waals surface area contributed by atoms with Gasteiger partial charge in [0.1, 0.15) is 11.6 Å². The lowest BCUT2D eigenvalue weighted by Crippen LogP contribution is -2.18. The number of aromatic nitrogens is 3. The molecule has 234 valence electrons. The highest BCUT2D eigenvalue weighted by Crippen LogP contribution is 2.32. The SMILES string of the molecule is Cc1ccc(-c2nc3ccccc3c(C(=O)Nc3cccc(NC(=O)c4c(C)c(-c5ccc(C)cc5)nc5ccccc45)n3)c2C)cc1. The molecule has 7 nitrogen and oxygen atoms in total. The average molecular weight is 628 g/mol. The Labute approximate surface area is 278 Å². The van der Waals surface area contributed by atoms with Gasteiger partial charge >= 0.3 is 0 Å². The fourth-order valence-corrected chi connectivity index (χ4v) is 6.12. The van der Waals surface area contributed by atoms with E-state index in [-0.39, 0.29) is 11.8 Å². The molecule has 7 heteroatoms. The second-order valence-electron chi connectivity index (χ2n) is 12.0. The number of amides is 2. The molecule has 0 fully saturated rings. The number of nitrogens with zero attached hydrogens (tertiary/aromatic N) is 3. The summed E-state index contributed by atoms with van der Waals surface area (Å²) in [7, 11) is 0. The maximum Gasteiger partial charge on any atom is 0.257 e. The van der Waals surface area contributed by atoms with Crippen molar-refractivity contribution in [3.63, 3.8) is 0 Å². The summed E-state index contributed by atoms with van der Waals surface area (Å²) in [6.07, 6.45) is 0. The molecule has 0 aliphatic carbocycles. The maximum absolute atomic E-state index is 14.0. The fourth-order valence-electron chi connectivity index (χ4n) is 6.12. The molecule has 3 heterocycles. The second-order valence-corrected chi connectivity index (χ2v) is 12.0. The van der Waals surface area contributed by atoms with Crippen LogP contribution >= 0.6 is 0 Å². The zero-order valence-electron chi connectivity index (χ0n) is 27.1. The number of benzene rings is 4. The van der Waals surface area contributed by atoms with Crippen LogP contribution in [0.5, 0.6) is 0 Å². The van der Waals surface area contributed by atoms with Gasteiger partial charge in [0.25, 0.3) is 11.8 Å². The molecule has 0 radical (unpaired) electrons. The highest BCUT2D eigenvalue weighted by molar-refractivity contribution is 6.15. The van der Waals surface area contributed by atoms with Crippen LogP contribution < -0.4 is 10.6 Å². The van der Waals surface area contributed by atoms with Crippen LogP contribution in [0.15, 0.2) is 115 Å². The lowest BCUT2D eigenvalue weighted by molar-refractivity contribution is 0.102. The molecular formula is C41H33N5O2. The number of nitrogens with one attached hydrogen (secondary N) is 2. The summed E-state index contributed by atoms with van der Waals surface area (Å²) in [5.74, 6) is 0.00145. The smallest absolute Gasteiger partial charge is 0.257 e. The highest BCUT2D eigenvalue weighted by atomic mass is 16.2. The number of rotatable bonds is 6. The van der Waals surface area contributed by atoms with Gasteiger partial charge in [-0.15, -0.1) is 0 Å². The number of pyridine rings is 3. The molecule has 0 spiro atoms. The van der Waals surface area contributed by atoms with Gasteiger partial charge in [-0.25, -0.2) is 15.0 Å². The van der Waals surface area contributed by atoms with Crippen molar-refractivity contribution in [1.82, 2.24) is 15.0 Å². The van der Waals surface area contributed by atoms with Crippen molar-refractivity contribution in [1.29, 1.82) is 0 Å². The van der Waals surface area contributed by atoms with E-state index in [1.54, 1.807) is 18.2 Å². The minimum atomic E-state index is -0.311. The molecule has 0 saturated carbocycles. The summed E-state index contributed by atoms with van der Waals surface area (Å²) in [5.41, 5.74) is 9.69. The Bertz CT molecular complexity index is 2200. The van der Waals surface area contributed by atoms with Crippen LogP contribution in [0, 0.1) is 27.7 Å². The normalized spacial score (nSPS) is 11.1. The molecule has 2 amide bonds. The first-order chi connectivity index (χ1) is 23.3. The third-order valence-corrected chi connectivity index (χ3v) is 8.61. The van der Waals surface area contributed by atoms with E-state index in [0.717, 1.165) is 66.6 Å². The maximum atomic E-state index is 14.0. The predicted octanol–water partition coefficient (Wildman–Crippen LogP) is 9.25. The van der Waals surface area contributed by atoms with Gasteiger partial charge in [-0.05, 0) is 63.1 Å². The van der Waals surface area contributed by atoms with Crippen molar-refractivity contribution in [2.45, 2.75) is 27.7 Å². The summed E-state index contributed by atoms with van der Waals surface area (Å²) in [6.45, 7) is 7.91. The Hall–Kier alpha value is -6.21. The number of fused-ring (bicyclic) bond motifs is 2. The first-order valence-electron chi connectivity index (χ1n) is 15.8. The van der Waals surface area contributed by atoms with Crippen molar-refractivity contribution in [3.8, 4) is 22.5 Å². The summed E-state index contributed by atoms with van der Waals surface area (Å²) >= 11 is 0. The van der Waals surface area contributed by atoms with Crippen LogP contribution in [-0.4, -0.2) is 26.8 Å². The van der Waals surface area contributed by atoms with E-state index in [1.807, 2.05) is 125 Å². The van der Waals surface area contributed by atoms with E-state index in [1.165, 1.54) is 0 Å². The van der Waals surface area contributed by atoms with Crippen LogP contribution in [0.4, 0.5) is 11.6 Å². The molecule has 7 rings (SSSR count). The second kappa shape index (κ2) is 12.5. The number of carbonyl (C=O) groups is 2. The van der Waals surface area contributed by atoms with Gasteiger partial charge in [0.05, 0.1) is 33.5 Å². The minimum Gasteiger partial charge on any atom is -0.306 e. The van der Waals surface area contributed by atoms with Crippen LogP contribution in [0.2, 0.25) is 0 Å². The summed E-state index contributed by atoms with van der Waals surface area (Å²) < 4.78 is 0. The van der Waals surface area contributed by atoms with Gasteiger partial charge in [-0.3, -0.25) is 9.59 Å².